The Hall–Kier alpha value is -9.44. The number of para-hydroxylation sites is 3. The number of fused-ring (bicyclic) bond motifs is 5. The minimum absolute atomic E-state index is 0.977. The predicted molar refractivity (Wildman–Crippen MR) is 325 cm³/mol. The van der Waals surface area contributed by atoms with Crippen LogP contribution in [0, 0.1) is 6.92 Å². The molecule has 1 heterocycles. The van der Waals surface area contributed by atoms with Crippen molar-refractivity contribution in [3.05, 3.63) is 291 Å². The van der Waals surface area contributed by atoms with Crippen molar-refractivity contribution in [2.75, 3.05) is 9.80 Å². The summed E-state index contributed by atoms with van der Waals surface area (Å²) in [5, 5.41) is 7.20. The molecule has 0 unspecified atom stereocenters. The van der Waals surface area contributed by atoms with Gasteiger partial charge in [-0.25, -0.2) is 0 Å². The fourth-order valence-corrected chi connectivity index (χ4v) is 10.9. The number of aryl methyl sites for hydroxylation is 1. The van der Waals surface area contributed by atoms with Gasteiger partial charge in [0.1, 0.15) is 0 Å². The third-order valence-corrected chi connectivity index (χ3v) is 14.2. The summed E-state index contributed by atoms with van der Waals surface area (Å²) in [6, 6.07) is 90.4. The Morgan fingerprint density at radius 3 is 1.44 bits per heavy atom. The Morgan fingerprint density at radius 2 is 0.893 bits per heavy atom. The van der Waals surface area contributed by atoms with E-state index in [-0.39, 0.29) is 0 Å². The molecule has 0 aliphatic heterocycles. The van der Waals surface area contributed by atoms with E-state index in [0.29, 0.717) is 0 Å². The minimum atomic E-state index is 0.977. The molecule has 12 aromatic rings. The summed E-state index contributed by atoms with van der Waals surface area (Å²) in [7, 11) is 0. The van der Waals surface area contributed by atoms with Crippen LogP contribution in [-0.2, 0) is 0 Å². The van der Waals surface area contributed by atoms with Gasteiger partial charge in [-0.3, -0.25) is 0 Å². The molecule has 0 fully saturated rings. The molecule has 0 bridgehead atoms. The lowest BCUT2D eigenvalue weighted by Gasteiger charge is -2.26. The van der Waals surface area contributed by atoms with E-state index in [1.54, 1.807) is 0 Å². The van der Waals surface area contributed by atoms with E-state index >= 15 is 0 Å². The number of nitrogens with zero attached hydrogens (tertiary/aromatic N) is 3. The molecule has 3 nitrogen and oxygen atoms in total. The highest BCUT2D eigenvalue weighted by atomic mass is 15.2. The molecule has 75 heavy (non-hydrogen) atoms. The number of anilines is 5. The number of aromatic nitrogens is 1. The zero-order chi connectivity index (χ0) is 51.3. The van der Waals surface area contributed by atoms with E-state index in [1.165, 1.54) is 54.9 Å². The molecule has 11 aromatic carbocycles. The molecule has 0 saturated carbocycles. The Bertz CT molecular complexity index is 3950. The SMILES string of the molecule is C=C/C(=C\C=C/C)N(c1ccccc1)c1ccc2c(c1)c1cc(N(c3ccccc3)c3ccccc3)ccc1n2-c1cccc(-c2c3ccccc3c(-c3ccc(-c4ccccc4C)cc3)c3ccccc23)c1.CC. The molecular weight excluding hydrogens is 907 g/mol. The minimum Gasteiger partial charge on any atom is -0.311 e. The zero-order valence-corrected chi connectivity index (χ0v) is 43.0. The molecule has 0 N–H and O–H groups in total. The van der Waals surface area contributed by atoms with E-state index in [4.69, 9.17) is 0 Å². The average molecular weight is 966 g/mol. The van der Waals surface area contributed by atoms with Crippen LogP contribution < -0.4 is 9.80 Å². The quantitative estimate of drug-likeness (QED) is 0.0893. The van der Waals surface area contributed by atoms with Crippen molar-refractivity contribution in [3.63, 3.8) is 0 Å². The lowest BCUT2D eigenvalue weighted by atomic mass is 9.85. The third kappa shape index (κ3) is 9.00. The molecule has 0 aliphatic rings. The van der Waals surface area contributed by atoms with Gasteiger partial charge >= 0.3 is 0 Å². The van der Waals surface area contributed by atoms with Gasteiger partial charge < -0.3 is 14.4 Å². The normalized spacial score (nSPS) is 11.5. The van der Waals surface area contributed by atoms with Crippen LogP contribution in [0.3, 0.4) is 0 Å². The highest BCUT2D eigenvalue weighted by Crippen LogP contribution is 2.46. The first kappa shape index (κ1) is 47.9. The van der Waals surface area contributed by atoms with E-state index in [9.17, 15) is 0 Å². The standard InChI is InChI=1S/C70H53N3.C2H6/c1-4-6-25-53(5-2)71(54-26-10-7-11-27-54)58-42-44-67-65(47-58)66-48-59(72(55-28-12-8-13-29-55)56-30-14-9-15-31-56)43-45-68(66)73(67)57-32-22-24-52(46-57)70-63-36-20-18-34-61(63)69(62-35-19-21-37-64(62)70)51-40-38-50(39-41-51)60-33-17-16-23-49(60)3;1-2/h4-48H,2H2,1,3H3;1-2H3/b6-4-,53-25+;. The van der Waals surface area contributed by atoms with Gasteiger partial charge in [0, 0.05) is 50.6 Å². The van der Waals surface area contributed by atoms with Gasteiger partial charge in [-0.2, -0.15) is 0 Å². The van der Waals surface area contributed by atoms with E-state index in [0.717, 1.165) is 67.2 Å². The summed E-state index contributed by atoms with van der Waals surface area (Å²) in [5.74, 6) is 0. The van der Waals surface area contributed by atoms with Crippen LogP contribution in [0.5, 0.6) is 0 Å². The molecule has 0 saturated heterocycles. The lowest BCUT2D eigenvalue weighted by Crippen LogP contribution is -2.14. The Morgan fingerprint density at radius 1 is 0.413 bits per heavy atom. The van der Waals surface area contributed by atoms with Crippen LogP contribution >= 0.6 is 0 Å². The van der Waals surface area contributed by atoms with Crippen LogP contribution in [0.4, 0.5) is 28.4 Å². The summed E-state index contributed by atoms with van der Waals surface area (Å²) in [5.41, 5.74) is 18.3. The fraction of sp³-hybridized carbons (Fsp3) is 0.0556. The Balaban J connectivity index is 0.00000298. The van der Waals surface area contributed by atoms with Gasteiger partial charge in [0.25, 0.3) is 0 Å². The number of hydrogen-bond donors (Lipinski definition) is 0. The molecule has 3 heteroatoms. The van der Waals surface area contributed by atoms with Crippen LogP contribution in [0.1, 0.15) is 26.3 Å². The van der Waals surface area contributed by atoms with Gasteiger partial charge in [-0.15, -0.1) is 0 Å². The van der Waals surface area contributed by atoms with Gasteiger partial charge in [0.2, 0.25) is 0 Å². The predicted octanol–water partition coefficient (Wildman–Crippen LogP) is 20.7. The van der Waals surface area contributed by atoms with Crippen LogP contribution in [-0.4, -0.2) is 4.57 Å². The van der Waals surface area contributed by atoms with Crippen LogP contribution in [0.25, 0.3) is 82.4 Å². The van der Waals surface area contributed by atoms with E-state index in [2.05, 4.69) is 295 Å². The van der Waals surface area contributed by atoms with Gasteiger partial charge in [0.15, 0.2) is 0 Å². The molecule has 12 rings (SSSR count). The second-order valence-corrected chi connectivity index (χ2v) is 18.5. The Labute approximate surface area is 441 Å². The molecule has 0 radical (unpaired) electrons. The van der Waals surface area contributed by atoms with Gasteiger partial charge in [-0.05, 0) is 171 Å². The number of rotatable bonds is 12. The third-order valence-electron chi connectivity index (χ3n) is 14.2. The summed E-state index contributed by atoms with van der Waals surface area (Å²) in [4.78, 5) is 4.64. The highest BCUT2D eigenvalue weighted by molar-refractivity contribution is 6.21. The molecular formula is C72H59N3. The van der Waals surface area contributed by atoms with Crippen molar-refractivity contribution in [1.29, 1.82) is 0 Å². The second-order valence-electron chi connectivity index (χ2n) is 18.5. The Kier molecular flexibility index (Phi) is 13.6. The first-order valence-electron chi connectivity index (χ1n) is 26.1. The van der Waals surface area contributed by atoms with Crippen molar-refractivity contribution in [1.82, 2.24) is 4.57 Å². The molecule has 1 aromatic heterocycles. The summed E-state index contributed by atoms with van der Waals surface area (Å²) in [6.07, 6.45) is 8.18. The lowest BCUT2D eigenvalue weighted by molar-refractivity contribution is 1.17. The summed E-state index contributed by atoms with van der Waals surface area (Å²) >= 11 is 0. The van der Waals surface area contributed by atoms with Gasteiger partial charge in [0.05, 0.1) is 11.0 Å². The van der Waals surface area contributed by atoms with E-state index in [1.807, 2.05) is 26.8 Å². The number of allylic oxidation sites excluding steroid dienone is 4. The fourth-order valence-electron chi connectivity index (χ4n) is 10.9. The maximum atomic E-state index is 4.28. The molecule has 362 valence electrons. The smallest absolute Gasteiger partial charge is 0.0542 e. The largest absolute Gasteiger partial charge is 0.311 e. The second kappa shape index (κ2) is 21.3. The molecule has 0 aliphatic carbocycles. The molecule has 0 amide bonds. The van der Waals surface area contributed by atoms with Crippen molar-refractivity contribution in [2.45, 2.75) is 27.7 Å². The van der Waals surface area contributed by atoms with Crippen molar-refractivity contribution in [2.24, 2.45) is 0 Å². The monoisotopic (exact) mass is 965 g/mol. The van der Waals surface area contributed by atoms with Crippen molar-refractivity contribution < 1.29 is 0 Å². The first-order valence-corrected chi connectivity index (χ1v) is 26.1. The topological polar surface area (TPSA) is 11.4 Å². The maximum absolute atomic E-state index is 4.28. The van der Waals surface area contributed by atoms with E-state index < -0.39 is 0 Å². The van der Waals surface area contributed by atoms with Gasteiger partial charge in [-0.1, -0.05) is 196 Å². The van der Waals surface area contributed by atoms with Crippen molar-refractivity contribution >= 4 is 71.8 Å². The van der Waals surface area contributed by atoms with Crippen LogP contribution in [0.15, 0.2) is 285 Å². The number of benzene rings is 11. The average Bonchev–Trinajstić information content (AvgIpc) is 3.85. The summed E-state index contributed by atoms with van der Waals surface area (Å²) in [6.45, 7) is 12.5. The number of hydrogen-bond acceptors (Lipinski definition) is 2. The first-order chi connectivity index (χ1) is 37.1. The molecule has 0 spiro atoms. The van der Waals surface area contributed by atoms with Crippen molar-refractivity contribution in [3.8, 4) is 39.1 Å². The van der Waals surface area contributed by atoms with Crippen LogP contribution in [0.2, 0.25) is 0 Å². The molecule has 0 atom stereocenters. The zero-order valence-electron chi connectivity index (χ0n) is 43.0. The maximum Gasteiger partial charge on any atom is 0.0542 e. The highest BCUT2D eigenvalue weighted by Gasteiger charge is 2.22. The summed E-state index contributed by atoms with van der Waals surface area (Å²) < 4.78 is 2.45.